The first-order valence-electron chi connectivity index (χ1n) is 9.98. The number of fused-ring (bicyclic) bond motifs is 1. The second-order valence-corrected chi connectivity index (χ2v) is 7.16. The molecule has 0 spiro atoms. The van der Waals surface area contributed by atoms with Gasteiger partial charge < -0.3 is 18.6 Å². The third-order valence-electron chi connectivity index (χ3n) is 4.90. The van der Waals surface area contributed by atoms with E-state index in [2.05, 4.69) is 6.07 Å². The number of carbonyl (C=O) groups excluding carboxylic acids is 1. The minimum Gasteiger partial charge on any atom is -0.479 e. The van der Waals surface area contributed by atoms with Gasteiger partial charge in [-0.3, -0.25) is 4.79 Å². The Morgan fingerprint density at radius 3 is 2.53 bits per heavy atom. The summed E-state index contributed by atoms with van der Waals surface area (Å²) < 4.78 is 22.3. The molecule has 1 aromatic heterocycles. The Bertz CT molecular complexity index is 1130. The number of carbonyl (C=O) groups is 1. The van der Waals surface area contributed by atoms with Crippen LogP contribution in [0.3, 0.4) is 0 Å². The molecule has 2 aromatic carbocycles. The third kappa shape index (κ3) is 4.48. The van der Waals surface area contributed by atoms with Gasteiger partial charge >= 0.3 is 5.97 Å². The minimum atomic E-state index is -0.718. The van der Waals surface area contributed by atoms with E-state index in [0.717, 1.165) is 16.7 Å². The van der Waals surface area contributed by atoms with Gasteiger partial charge in [0.05, 0.1) is 12.0 Å². The SMILES string of the molecule is CCOC(=O)C(CC)Oc1ccc2c(=O)c(Oc3cc(C)cc(C)c3C)coc2c1. The first kappa shape index (κ1) is 21.4. The number of benzene rings is 2. The van der Waals surface area contributed by atoms with E-state index in [1.807, 2.05) is 33.8 Å². The van der Waals surface area contributed by atoms with Crippen molar-refractivity contribution in [1.82, 2.24) is 0 Å². The van der Waals surface area contributed by atoms with Crippen molar-refractivity contribution in [3.05, 3.63) is 63.5 Å². The summed E-state index contributed by atoms with van der Waals surface area (Å²) >= 11 is 0. The van der Waals surface area contributed by atoms with Crippen LogP contribution >= 0.6 is 0 Å². The van der Waals surface area contributed by atoms with Gasteiger partial charge in [0.25, 0.3) is 0 Å². The zero-order chi connectivity index (χ0) is 21.8. The summed E-state index contributed by atoms with van der Waals surface area (Å²) in [5, 5.41) is 0.367. The van der Waals surface area contributed by atoms with Crippen LogP contribution in [0.2, 0.25) is 0 Å². The fraction of sp³-hybridized carbons (Fsp3) is 0.333. The van der Waals surface area contributed by atoms with E-state index < -0.39 is 12.1 Å². The van der Waals surface area contributed by atoms with Crippen LogP contribution in [0, 0.1) is 20.8 Å². The van der Waals surface area contributed by atoms with Gasteiger partial charge in [0.1, 0.15) is 23.3 Å². The van der Waals surface area contributed by atoms with Crippen molar-refractivity contribution in [2.24, 2.45) is 0 Å². The summed E-state index contributed by atoms with van der Waals surface area (Å²) in [5.74, 6) is 0.736. The molecule has 0 saturated heterocycles. The van der Waals surface area contributed by atoms with Gasteiger partial charge in [0.15, 0.2) is 6.10 Å². The van der Waals surface area contributed by atoms with Crippen LogP contribution in [-0.2, 0) is 9.53 Å². The lowest BCUT2D eigenvalue weighted by atomic mass is 10.1. The number of esters is 1. The Morgan fingerprint density at radius 1 is 1.07 bits per heavy atom. The Balaban J connectivity index is 1.90. The van der Waals surface area contributed by atoms with E-state index >= 15 is 0 Å². The van der Waals surface area contributed by atoms with E-state index in [9.17, 15) is 9.59 Å². The highest BCUT2D eigenvalue weighted by molar-refractivity contribution is 5.79. The molecular weight excluding hydrogens is 384 g/mol. The van der Waals surface area contributed by atoms with E-state index in [-0.39, 0.29) is 17.8 Å². The molecule has 0 saturated carbocycles. The number of rotatable bonds is 7. The Hall–Kier alpha value is -3.28. The zero-order valence-electron chi connectivity index (χ0n) is 17.9. The van der Waals surface area contributed by atoms with E-state index in [4.69, 9.17) is 18.6 Å². The summed E-state index contributed by atoms with van der Waals surface area (Å²) in [6, 6.07) is 8.78. The average Bonchev–Trinajstić information content (AvgIpc) is 2.71. The van der Waals surface area contributed by atoms with Gasteiger partial charge in [0, 0.05) is 6.07 Å². The molecule has 0 aliphatic rings. The molecule has 0 radical (unpaired) electrons. The van der Waals surface area contributed by atoms with Crippen molar-refractivity contribution in [2.75, 3.05) is 6.61 Å². The predicted molar refractivity (Wildman–Crippen MR) is 115 cm³/mol. The molecule has 3 rings (SSSR count). The highest BCUT2D eigenvalue weighted by Gasteiger charge is 2.20. The highest BCUT2D eigenvalue weighted by atomic mass is 16.6. The maximum Gasteiger partial charge on any atom is 0.347 e. The molecular formula is C24H26O6. The van der Waals surface area contributed by atoms with E-state index in [1.165, 1.54) is 6.26 Å². The molecule has 0 amide bonds. The topological polar surface area (TPSA) is 75.0 Å². The Morgan fingerprint density at radius 2 is 1.83 bits per heavy atom. The fourth-order valence-electron chi connectivity index (χ4n) is 3.16. The number of aryl methyl sites for hydroxylation is 2. The molecule has 3 aromatic rings. The number of ether oxygens (including phenoxy) is 3. The van der Waals surface area contributed by atoms with Crippen molar-refractivity contribution in [2.45, 2.75) is 47.1 Å². The van der Waals surface area contributed by atoms with Crippen LogP contribution in [-0.4, -0.2) is 18.7 Å². The molecule has 1 atom stereocenters. The Kier molecular flexibility index (Phi) is 6.45. The van der Waals surface area contributed by atoms with Crippen molar-refractivity contribution in [1.29, 1.82) is 0 Å². The highest BCUT2D eigenvalue weighted by Crippen LogP contribution is 2.29. The zero-order valence-corrected chi connectivity index (χ0v) is 17.9. The van der Waals surface area contributed by atoms with Gasteiger partial charge in [0.2, 0.25) is 11.2 Å². The fourth-order valence-corrected chi connectivity index (χ4v) is 3.16. The van der Waals surface area contributed by atoms with Crippen molar-refractivity contribution in [3.63, 3.8) is 0 Å². The van der Waals surface area contributed by atoms with Crippen molar-refractivity contribution >= 4 is 16.9 Å². The predicted octanol–water partition coefficient (Wildman–Crippen LogP) is 5.23. The van der Waals surface area contributed by atoms with Crippen LogP contribution in [0.25, 0.3) is 11.0 Å². The van der Waals surface area contributed by atoms with Crippen LogP contribution in [0.4, 0.5) is 0 Å². The van der Waals surface area contributed by atoms with Gasteiger partial charge in [-0.25, -0.2) is 4.79 Å². The monoisotopic (exact) mass is 410 g/mol. The molecule has 0 aliphatic carbocycles. The summed E-state index contributed by atoms with van der Waals surface area (Å²) in [5.41, 5.74) is 3.17. The van der Waals surface area contributed by atoms with Gasteiger partial charge in [-0.2, -0.15) is 0 Å². The molecule has 6 nitrogen and oxygen atoms in total. The van der Waals surface area contributed by atoms with Crippen molar-refractivity contribution < 1.29 is 23.4 Å². The molecule has 6 heteroatoms. The summed E-state index contributed by atoms with van der Waals surface area (Å²) in [6.45, 7) is 9.79. The van der Waals surface area contributed by atoms with E-state index in [1.54, 1.807) is 25.1 Å². The molecule has 1 unspecified atom stereocenters. The largest absolute Gasteiger partial charge is 0.479 e. The number of hydrogen-bond donors (Lipinski definition) is 0. The van der Waals surface area contributed by atoms with Crippen LogP contribution in [0.1, 0.15) is 37.0 Å². The summed E-state index contributed by atoms with van der Waals surface area (Å²) in [7, 11) is 0. The average molecular weight is 410 g/mol. The molecule has 0 fully saturated rings. The van der Waals surface area contributed by atoms with Crippen molar-refractivity contribution in [3.8, 4) is 17.2 Å². The quantitative estimate of drug-likeness (QED) is 0.497. The minimum absolute atomic E-state index is 0.113. The smallest absolute Gasteiger partial charge is 0.347 e. The lowest BCUT2D eigenvalue weighted by Crippen LogP contribution is -2.28. The first-order chi connectivity index (χ1) is 14.3. The Labute approximate surface area is 175 Å². The standard InChI is InChI=1S/C24H26O6/c1-6-19(24(26)27-7-2)29-17-8-9-18-21(12-17)28-13-22(23(18)25)30-20-11-14(3)10-15(4)16(20)5/h8-13,19H,6-7H2,1-5H3. The summed E-state index contributed by atoms with van der Waals surface area (Å²) in [6.07, 6.45) is 1.04. The lowest BCUT2D eigenvalue weighted by molar-refractivity contribution is -0.151. The summed E-state index contributed by atoms with van der Waals surface area (Å²) in [4.78, 5) is 24.8. The molecule has 0 aliphatic heterocycles. The molecule has 1 heterocycles. The maximum absolute atomic E-state index is 12.9. The molecule has 158 valence electrons. The second kappa shape index (κ2) is 9.03. The lowest BCUT2D eigenvalue weighted by Gasteiger charge is -2.16. The van der Waals surface area contributed by atoms with Crippen LogP contribution in [0.5, 0.6) is 17.2 Å². The van der Waals surface area contributed by atoms with Gasteiger partial charge in [-0.1, -0.05) is 13.0 Å². The second-order valence-electron chi connectivity index (χ2n) is 7.16. The van der Waals surface area contributed by atoms with Gasteiger partial charge in [-0.15, -0.1) is 0 Å². The normalized spacial score (nSPS) is 11.9. The third-order valence-corrected chi connectivity index (χ3v) is 4.90. The number of hydrogen-bond acceptors (Lipinski definition) is 6. The van der Waals surface area contributed by atoms with Crippen LogP contribution in [0.15, 0.2) is 45.8 Å². The molecule has 30 heavy (non-hydrogen) atoms. The van der Waals surface area contributed by atoms with Crippen LogP contribution < -0.4 is 14.9 Å². The molecule has 0 bridgehead atoms. The first-order valence-corrected chi connectivity index (χ1v) is 9.98. The van der Waals surface area contributed by atoms with E-state index in [0.29, 0.717) is 28.9 Å². The molecule has 0 N–H and O–H groups in total. The van der Waals surface area contributed by atoms with Gasteiger partial charge in [-0.05, 0) is 69.0 Å². The maximum atomic E-state index is 12.9.